The van der Waals surface area contributed by atoms with Gasteiger partial charge in [-0.2, -0.15) is 11.8 Å². The van der Waals surface area contributed by atoms with Crippen LogP contribution in [0.1, 0.15) is 28.7 Å². The highest BCUT2D eigenvalue weighted by Crippen LogP contribution is 2.27. The van der Waals surface area contributed by atoms with Gasteiger partial charge in [0.05, 0.1) is 0 Å². The molecule has 0 radical (unpaired) electrons. The van der Waals surface area contributed by atoms with Crippen LogP contribution in [0, 0.1) is 13.8 Å². The highest BCUT2D eigenvalue weighted by molar-refractivity contribution is 8.00. The van der Waals surface area contributed by atoms with Gasteiger partial charge in [0.25, 0.3) is 0 Å². The monoisotopic (exact) mass is 241 g/mol. The minimum absolute atomic E-state index is 0.720. The largest absolute Gasteiger partial charge is 0.308 e. The Balaban J connectivity index is 1.87. The van der Waals surface area contributed by atoms with Crippen molar-refractivity contribution in [2.24, 2.45) is 0 Å². The number of rotatable bonds is 3. The minimum Gasteiger partial charge on any atom is -0.308 e. The van der Waals surface area contributed by atoms with Crippen LogP contribution >= 0.6 is 23.1 Å². The molecular formula is C12H19NS2. The van der Waals surface area contributed by atoms with Gasteiger partial charge in [-0.25, -0.2) is 0 Å². The Kier molecular flexibility index (Phi) is 3.75. The molecule has 2 heterocycles. The van der Waals surface area contributed by atoms with Crippen LogP contribution in [0.4, 0.5) is 0 Å². The molecule has 15 heavy (non-hydrogen) atoms. The molecule has 0 bridgehead atoms. The van der Waals surface area contributed by atoms with E-state index < -0.39 is 0 Å². The zero-order chi connectivity index (χ0) is 10.8. The summed E-state index contributed by atoms with van der Waals surface area (Å²) in [6, 6.07) is 3.04. The molecule has 1 aromatic heterocycles. The molecule has 1 aromatic rings. The first kappa shape index (κ1) is 11.5. The molecule has 2 unspecified atom stereocenters. The topological polar surface area (TPSA) is 12.0 Å². The van der Waals surface area contributed by atoms with Gasteiger partial charge in [-0.1, -0.05) is 6.92 Å². The SMILES string of the molecule is Cc1cc(CNC2CCSC2C)sc1C. The van der Waals surface area contributed by atoms with Crippen LogP contribution in [0.15, 0.2) is 6.07 Å². The van der Waals surface area contributed by atoms with E-state index in [4.69, 9.17) is 0 Å². The lowest BCUT2D eigenvalue weighted by atomic mass is 10.2. The Morgan fingerprint density at radius 1 is 1.47 bits per heavy atom. The number of aryl methyl sites for hydroxylation is 2. The lowest BCUT2D eigenvalue weighted by molar-refractivity contribution is 0.515. The number of hydrogen-bond acceptors (Lipinski definition) is 3. The third kappa shape index (κ3) is 2.77. The summed E-state index contributed by atoms with van der Waals surface area (Å²) in [5, 5.41) is 4.46. The van der Waals surface area contributed by atoms with Crippen molar-refractivity contribution in [1.29, 1.82) is 0 Å². The van der Waals surface area contributed by atoms with Crippen LogP contribution in [0.3, 0.4) is 0 Å². The average Bonchev–Trinajstić information content (AvgIpc) is 2.72. The first-order valence-corrected chi connectivity index (χ1v) is 7.44. The van der Waals surface area contributed by atoms with Crippen LogP contribution in [-0.4, -0.2) is 17.0 Å². The molecule has 0 aliphatic carbocycles. The molecule has 84 valence electrons. The molecule has 2 rings (SSSR count). The summed E-state index contributed by atoms with van der Waals surface area (Å²) in [5.41, 5.74) is 1.44. The Morgan fingerprint density at radius 3 is 2.80 bits per heavy atom. The molecule has 1 aliphatic rings. The van der Waals surface area contributed by atoms with Gasteiger partial charge in [0.1, 0.15) is 0 Å². The van der Waals surface area contributed by atoms with Gasteiger partial charge in [-0.3, -0.25) is 0 Å². The maximum atomic E-state index is 3.68. The Hall–Kier alpha value is 0.01000. The summed E-state index contributed by atoms with van der Waals surface area (Å²) in [6.45, 7) is 7.79. The van der Waals surface area contributed by atoms with E-state index >= 15 is 0 Å². The highest BCUT2D eigenvalue weighted by Gasteiger charge is 2.23. The fourth-order valence-corrected chi connectivity index (χ4v) is 4.20. The van der Waals surface area contributed by atoms with E-state index in [1.807, 2.05) is 11.3 Å². The molecule has 0 spiro atoms. The van der Waals surface area contributed by atoms with Gasteiger partial charge in [-0.15, -0.1) is 11.3 Å². The minimum atomic E-state index is 0.720. The predicted molar refractivity (Wildman–Crippen MR) is 71.0 cm³/mol. The van der Waals surface area contributed by atoms with Gasteiger partial charge in [0.15, 0.2) is 0 Å². The molecule has 1 fully saturated rings. The molecule has 0 saturated carbocycles. The zero-order valence-electron chi connectivity index (χ0n) is 9.67. The van der Waals surface area contributed by atoms with Crippen molar-refractivity contribution < 1.29 is 0 Å². The predicted octanol–water partition coefficient (Wildman–Crippen LogP) is 3.35. The summed E-state index contributed by atoms with van der Waals surface area (Å²) in [5.74, 6) is 1.32. The quantitative estimate of drug-likeness (QED) is 0.871. The molecule has 3 heteroatoms. The molecule has 2 atom stereocenters. The van der Waals surface area contributed by atoms with Crippen molar-refractivity contribution >= 4 is 23.1 Å². The maximum absolute atomic E-state index is 3.68. The Morgan fingerprint density at radius 2 is 2.27 bits per heavy atom. The molecule has 0 aromatic carbocycles. The smallest absolute Gasteiger partial charge is 0.0302 e. The first-order valence-electron chi connectivity index (χ1n) is 5.57. The number of hydrogen-bond donors (Lipinski definition) is 1. The van der Waals surface area contributed by atoms with Gasteiger partial charge in [0, 0.05) is 27.6 Å². The summed E-state index contributed by atoms with van der Waals surface area (Å²) >= 11 is 4.02. The summed E-state index contributed by atoms with van der Waals surface area (Å²) in [4.78, 5) is 2.94. The van der Waals surface area contributed by atoms with Crippen molar-refractivity contribution in [3.8, 4) is 0 Å². The van der Waals surface area contributed by atoms with Crippen LogP contribution in [0.2, 0.25) is 0 Å². The molecule has 1 saturated heterocycles. The third-order valence-corrected chi connectivity index (χ3v) is 5.61. The van der Waals surface area contributed by atoms with Crippen molar-refractivity contribution in [2.45, 2.75) is 45.0 Å². The number of nitrogens with one attached hydrogen (secondary N) is 1. The molecule has 0 amide bonds. The van der Waals surface area contributed by atoms with Gasteiger partial charge in [0.2, 0.25) is 0 Å². The average molecular weight is 241 g/mol. The van der Waals surface area contributed by atoms with Crippen LogP contribution < -0.4 is 5.32 Å². The highest BCUT2D eigenvalue weighted by atomic mass is 32.2. The Bertz CT molecular complexity index is 313. The first-order chi connectivity index (χ1) is 7.16. The molecule has 1 aliphatic heterocycles. The van der Waals surface area contributed by atoms with E-state index in [-0.39, 0.29) is 0 Å². The van der Waals surface area contributed by atoms with Crippen molar-refractivity contribution in [2.75, 3.05) is 5.75 Å². The second kappa shape index (κ2) is 4.89. The summed E-state index contributed by atoms with van der Waals surface area (Å²) in [7, 11) is 0. The van der Waals surface area contributed by atoms with Gasteiger partial charge >= 0.3 is 0 Å². The maximum Gasteiger partial charge on any atom is 0.0302 e. The van der Waals surface area contributed by atoms with Crippen LogP contribution in [-0.2, 0) is 6.54 Å². The lowest BCUT2D eigenvalue weighted by Gasteiger charge is -2.15. The van der Waals surface area contributed by atoms with E-state index in [2.05, 4.69) is 43.9 Å². The van der Waals surface area contributed by atoms with E-state index in [9.17, 15) is 0 Å². The van der Waals surface area contributed by atoms with E-state index in [1.165, 1.54) is 27.5 Å². The van der Waals surface area contributed by atoms with E-state index in [1.54, 1.807) is 0 Å². The Labute approximate surface area is 101 Å². The number of thiophene rings is 1. The van der Waals surface area contributed by atoms with E-state index in [0.717, 1.165) is 17.8 Å². The molecular weight excluding hydrogens is 222 g/mol. The fourth-order valence-electron chi connectivity index (χ4n) is 1.97. The van der Waals surface area contributed by atoms with Crippen LogP contribution in [0.25, 0.3) is 0 Å². The zero-order valence-corrected chi connectivity index (χ0v) is 11.3. The lowest BCUT2D eigenvalue weighted by Crippen LogP contribution is -2.32. The molecule has 1 N–H and O–H groups in total. The van der Waals surface area contributed by atoms with Gasteiger partial charge < -0.3 is 5.32 Å². The second-order valence-electron chi connectivity index (χ2n) is 4.30. The van der Waals surface area contributed by atoms with Crippen LogP contribution in [0.5, 0.6) is 0 Å². The fraction of sp³-hybridized carbons (Fsp3) is 0.667. The van der Waals surface area contributed by atoms with Gasteiger partial charge in [-0.05, 0) is 37.7 Å². The summed E-state index contributed by atoms with van der Waals surface area (Å²) < 4.78 is 0. The van der Waals surface area contributed by atoms with E-state index in [0.29, 0.717) is 0 Å². The number of thioether (sulfide) groups is 1. The summed E-state index contributed by atoms with van der Waals surface area (Å²) in [6.07, 6.45) is 1.33. The van der Waals surface area contributed by atoms with Crippen molar-refractivity contribution in [3.05, 3.63) is 21.4 Å². The normalized spacial score (nSPS) is 26.1. The van der Waals surface area contributed by atoms with Crippen molar-refractivity contribution in [1.82, 2.24) is 5.32 Å². The standard InChI is InChI=1S/C12H19NS2/c1-8-6-11(15-9(8)2)7-13-12-4-5-14-10(12)3/h6,10,12-13H,4-5,7H2,1-3H3. The van der Waals surface area contributed by atoms with Crippen molar-refractivity contribution in [3.63, 3.8) is 0 Å². The molecule has 1 nitrogen and oxygen atoms in total. The third-order valence-electron chi connectivity index (χ3n) is 3.13. The second-order valence-corrected chi connectivity index (χ2v) is 7.13.